The summed E-state index contributed by atoms with van der Waals surface area (Å²) in [5.74, 6) is 0.144. The van der Waals surface area contributed by atoms with Gasteiger partial charge in [0.25, 0.3) is 0 Å². The van der Waals surface area contributed by atoms with Crippen molar-refractivity contribution in [3.63, 3.8) is 0 Å². The minimum absolute atomic E-state index is 0.144. The molecule has 0 N–H and O–H groups in total. The highest BCUT2D eigenvalue weighted by atomic mass is 32.2. The van der Waals surface area contributed by atoms with Crippen LogP contribution in [0, 0.1) is 0 Å². The molecule has 1 aliphatic rings. The van der Waals surface area contributed by atoms with E-state index < -0.39 is 10.0 Å². The Balaban J connectivity index is 1.91. The smallest absolute Gasteiger partial charge is 0.243 e. The maximum Gasteiger partial charge on any atom is 0.243 e. The van der Waals surface area contributed by atoms with Crippen LogP contribution < -0.4 is 0 Å². The van der Waals surface area contributed by atoms with Gasteiger partial charge in [0.1, 0.15) is 0 Å². The van der Waals surface area contributed by atoms with Crippen LogP contribution in [0.5, 0.6) is 0 Å². The third-order valence-corrected chi connectivity index (χ3v) is 5.88. The third-order valence-electron chi connectivity index (χ3n) is 3.97. The van der Waals surface area contributed by atoms with Gasteiger partial charge in [-0.1, -0.05) is 38.0 Å². The fourth-order valence-corrected chi connectivity index (χ4v) is 4.05. The molecule has 0 spiro atoms. The summed E-state index contributed by atoms with van der Waals surface area (Å²) in [7, 11) is -3.44. The number of piperazine rings is 1. The molecule has 22 heavy (non-hydrogen) atoms. The number of amides is 1. The molecule has 0 unspecified atom stereocenters. The van der Waals surface area contributed by atoms with Gasteiger partial charge in [-0.3, -0.25) is 4.79 Å². The minimum atomic E-state index is -3.44. The molecule has 1 amide bonds. The van der Waals surface area contributed by atoms with E-state index in [1.165, 1.54) is 4.31 Å². The lowest BCUT2D eigenvalue weighted by Gasteiger charge is -2.34. The summed E-state index contributed by atoms with van der Waals surface area (Å²) < 4.78 is 26.5. The first-order chi connectivity index (χ1) is 10.6. The van der Waals surface area contributed by atoms with E-state index in [0.29, 0.717) is 37.5 Å². The Morgan fingerprint density at radius 2 is 1.68 bits per heavy atom. The van der Waals surface area contributed by atoms with Gasteiger partial charge < -0.3 is 4.90 Å². The first-order valence-corrected chi connectivity index (χ1v) is 9.32. The van der Waals surface area contributed by atoms with Crippen molar-refractivity contribution in [1.82, 2.24) is 9.21 Å². The molecule has 1 heterocycles. The lowest BCUT2D eigenvalue weighted by Crippen LogP contribution is -2.50. The molecular weight excluding hydrogens is 300 g/mol. The van der Waals surface area contributed by atoms with E-state index in [1.807, 2.05) is 0 Å². The fraction of sp³-hybridized carbons (Fsp3) is 0.562. The number of hydrogen-bond donors (Lipinski definition) is 0. The number of benzene rings is 1. The Kier molecular flexibility index (Phi) is 5.97. The van der Waals surface area contributed by atoms with Gasteiger partial charge in [-0.25, -0.2) is 8.42 Å². The summed E-state index contributed by atoms with van der Waals surface area (Å²) in [5.41, 5.74) is 0. The maximum absolute atomic E-state index is 12.5. The second kappa shape index (κ2) is 7.74. The Morgan fingerprint density at radius 1 is 1.05 bits per heavy atom. The predicted octanol–water partition coefficient (Wildman–Crippen LogP) is 2.10. The van der Waals surface area contributed by atoms with E-state index in [2.05, 4.69) is 6.92 Å². The molecule has 0 aromatic heterocycles. The van der Waals surface area contributed by atoms with Gasteiger partial charge in [0.2, 0.25) is 15.9 Å². The van der Waals surface area contributed by atoms with Crippen LogP contribution in [-0.2, 0) is 14.8 Å². The first-order valence-electron chi connectivity index (χ1n) is 7.88. The average Bonchev–Trinajstić information content (AvgIpc) is 2.56. The Labute approximate surface area is 133 Å². The van der Waals surface area contributed by atoms with E-state index >= 15 is 0 Å². The van der Waals surface area contributed by atoms with Crippen LogP contribution >= 0.6 is 0 Å². The highest BCUT2D eigenvalue weighted by molar-refractivity contribution is 7.89. The molecule has 1 saturated heterocycles. The number of carbonyl (C=O) groups is 1. The van der Waals surface area contributed by atoms with E-state index in [1.54, 1.807) is 35.2 Å². The van der Waals surface area contributed by atoms with Crippen LogP contribution in [0.25, 0.3) is 0 Å². The van der Waals surface area contributed by atoms with Crippen molar-refractivity contribution in [2.24, 2.45) is 0 Å². The summed E-state index contributed by atoms with van der Waals surface area (Å²) in [6.07, 6.45) is 3.64. The van der Waals surface area contributed by atoms with Crippen LogP contribution in [0.1, 0.15) is 32.6 Å². The summed E-state index contributed by atoms with van der Waals surface area (Å²) in [6, 6.07) is 8.46. The number of rotatable bonds is 6. The number of hydrogen-bond acceptors (Lipinski definition) is 3. The molecule has 1 aromatic carbocycles. The molecule has 2 rings (SSSR count). The van der Waals surface area contributed by atoms with Gasteiger partial charge in [0.15, 0.2) is 0 Å². The van der Waals surface area contributed by atoms with Gasteiger partial charge >= 0.3 is 0 Å². The normalized spacial score (nSPS) is 16.7. The zero-order chi connectivity index (χ0) is 16.0. The lowest BCUT2D eigenvalue weighted by molar-refractivity contribution is -0.132. The monoisotopic (exact) mass is 324 g/mol. The molecule has 0 saturated carbocycles. The van der Waals surface area contributed by atoms with Crippen molar-refractivity contribution >= 4 is 15.9 Å². The Morgan fingerprint density at radius 3 is 2.27 bits per heavy atom. The first kappa shape index (κ1) is 17.0. The number of unbranched alkanes of at least 4 members (excludes halogenated alkanes) is 2. The molecule has 122 valence electrons. The molecule has 1 fully saturated rings. The van der Waals surface area contributed by atoms with Gasteiger partial charge in [-0.15, -0.1) is 0 Å². The number of nitrogens with zero attached hydrogens (tertiary/aromatic N) is 2. The molecule has 0 bridgehead atoms. The number of carbonyl (C=O) groups excluding carboxylic acids is 1. The average molecular weight is 324 g/mol. The van der Waals surface area contributed by atoms with Crippen LogP contribution in [-0.4, -0.2) is 49.7 Å². The summed E-state index contributed by atoms with van der Waals surface area (Å²) >= 11 is 0. The third kappa shape index (κ3) is 4.08. The van der Waals surface area contributed by atoms with E-state index in [4.69, 9.17) is 0 Å². The minimum Gasteiger partial charge on any atom is -0.340 e. The highest BCUT2D eigenvalue weighted by Crippen LogP contribution is 2.17. The standard InChI is InChI=1S/C16H24N2O3S/c1-2-3-5-10-16(19)17-11-13-18(14-12-17)22(20,21)15-8-6-4-7-9-15/h4,6-9H,2-3,5,10-14H2,1H3. The zero-order valence-electron chi connectivity index (χ0n) is 13.1. The summed E-state index contributed by atoms with van der Waals surface area (Å²) in [4.78, 5) is 14.2. The highest BCUT2D eigenvalue weighted by Gasteiger charge is 2.29. The maximum atomic E-state index is 12.5. The van der Waals surface area contributed by atoms with Gasteiger partial charge in [-0.05, 0) is 18.6 Å². The summed E-state index contributed by atoms with van der Waals surface area (Å²) in [5, 5.41) is 0. The second-order valence-corrected chi connectivity index (χ2v) is 7.49. The van der Waals surface area contributed by atoms with Crippen LogP contribution in [0.4, 0.5) is 0 Å². The van der Waals surface area contributed by atoms with Crippen LogP contribution in [0.2, 0.25) is 0 Å². The van der Waals surface area contributed by atoms with Crippen LogP contribution in [0.3, 0.4) is 0 Å². The van der Waals surface area contributed by atoms with Crippen molar-refractivity contribution in [3.05, 3.63) is 30.3 Å². The van der Waals surface area contributed by atoms with Crippen molar-refractivity contribution in [2.75, 3.05) is 26.2 Å². The molecule has 0 radical (unpaired) electrons. The van der Waals surface area contributed by atoms with E-state index in [9.17, 15) is 13.2 Å². The Bertz CT molecular complexity index is 579. The molecule has 5 nitrogen and oxygen atoms in total. The largest absolute Gasteiger partial charge is 0.340 e. The lowest BCUT2D eigenvalue weighted by atomic mass is 10.2. The van der Waals surface area contributed by atoms with Gasteiger partial charge in [0.05, 0.1) is 4.90 Å². The SMILES string of the molecule is CCCCCC(=O)N1CCN(S(=O)(=O)c2ccccc2)CC1. The van der Waals surface area contributed by atoms with Crippen molar-refractivity contribution in [3.8, 4) is 0 Å². The van der Waals surface area contributed by atoms with Crippen molar-refractivity contribution in [2.45, 2.75) is 37.5 Å². The molecular formula is C16H24N2O3S. The Hall–Kier alpha value is -1.40. The molecule has 0 aliphatic carbocycles. The van der Waals surface area contributed by atoms with Gasteiger partial charge in [0, 0.05) is 32.6 Å². The molecule has 1 aromatic rings. The molecule has 1 aliphatic heterocycles. The predicted molar refractivity (Wildman–Crippen MR) is 85.9 cm³/mol. The van der Waals surface area contributed by atoms with E-state index in [-0.39, 0.29) is 5.91 Å². The van der Waals surface area contributed by atoms with Crippen LogP contribution in [0.15, 0.2) is 35.2 Å². The zero-order valence-corrected chi connectivity index (χ0v) is 13.9. The fourth-order valence-electron chi connectivity index (χ4n) is 2.60. The van der Waals surface area contributed by atoms with E-state index in [0.717, 1.165) is 19.3 Å². The quantitative estimate of drug-likeness (QED) is 0.753. The van der Waals surface area contributed by atoms with Crippen molar-refractivity contribution < 1.29 is 13.2 Å². The summed E-state index contributed by atoms with van der Waals surface area (Å²) in [6.45, 7) is 3.82. The molecule has 6 heteroatoms. The topological polar surface area (TPSA) is 57.7 Å². The van der Waals surface area contributed by atoms with Gasteiger partial charge in [-0.2, -0.15) is 4.31 Å². The van der Waals surface area contributed by atoms with Crippen molar-refractivity contribution in [1.29, 1.82) is 0 Å². The second-order valence-electron chi connectivity index (χ2n) is 5.56. The number of sulfonamides is 1. The molecule has 0 atom stereocenters.